The minimum atomic E-state index is 0.498. The van der Waals surface area contributed by atoms with Gasteiger partial charge in [-0.1, -0.05) is 49.2 Å². The number of nitrogens with zero attached hydrogens (tertiary/aromatic N) is 2. The summed E-state index contributed by atoms with van der Waals surface area (Å²) < 4.78 is 0. The Hall–Kier alpha value is -2.36. The van der Waals surface area contributed by atoms with E-state index in [4.69, 9.17) is 0 Å². The largest absolute Gasteiger partial charge is 0.366 e. The van der Waals surface area contributed by atoms with Gasteiger partial charge in [-0.05, 0) is 12.8 Å². The fourth-order valence-corrected chi connectivity index (χ4v) is 2.79. The van der Waals surface area contributed by atoms with Crippen LogP contribution in [0.15, 0.2) is 49.1 Å². The second-order valence-corrected chi connectivity index (χ2v) is 5.62. The average molecular weight is 294 g/mol. The van der Waals surface area contributed by atoms with E-state index in [9.17, 15) is 0 Å². The lowest BCUT2D eigenvalue weighted by Crippen LogP contribution is -2.17. The number of rotatable bonds is 6. The van der Waals surface area contributed by atoms with Crippen LogP contribution in [0.2, 0.25) is 0 Å². The van der Waals surface area contributed by atoms with Crippen LogP contribution in [-0.2, 0) is 0 Å². The fraction of sp³-hybridized carbons (Fsp3) is 0.333. The molecule has 1 aliphatic rings. The van der Waals surface area contributed by atoms with Crippen molar-refractivity contribution < 1.29 is 0 Å². The molecule has 114 valence electrons. The highest BCUT2D eigenvalue weighted by Crippen LogP contribution is 2.24. The molecular formula is C18H22N4. The maximum Gasteiger partial charge on any atom is 0.225 e. The van der Waals surface area contributed by atoms with Gasteiger partial charge >= 0.3 is 0 Å². The van der Waals surface area contributed by atoms with Crippen molar-refractivity contribution in [1.29, 1.82) is 0 Å². The van der Waals surface area contributed by atoms with Gasteiger partial charge in [0, 0.05) is 24.2 Å². The molecule has 0 bridgehead atoms. The van der Waals surface area contributed by atoms with Crippen molar-refractivity contribution in [3.05, 3.63) is 49.1 Å². The minimum Gasteiger partial charge on any atom is -0.366 e. The first-order chi connectivity index (χ1) is 10.8. The number of aromatic nitrogens is 2. The van der Waals surface area contributed by atoms with Crippen molar-refractivity contribution in [3.63, 3.8) is 0 Å². The van der Waals surface area contributed by atoms with Gasteiger partial charge in [0.2, 0.25) is 5.95 Å². The summed E-state index contributed by atoms with van der Waals surface area (Å²) in [6, 6.07) is 12.7. The van der Waals surface area contributed by atoms with Crippen molar-refractivity contribution in [2.45, 2.75) is 31.7 Å². The number of hydrogen-bond donors (Lipinski definition) is 2. The molecule has 4 nitrogen and oxygen atoms in total. The van der Waals surface area contributed by atoms with Crippen molar-refractivity contribution >= 4 is 11.8 Å². The third kappa shape index (κ3) is 3.64. The van der Waals surface area contributed by atoms with Crippen LogP contribution in [0, 0.1) is 0 Å². The molecule has 0 radical (unpaired) electrons. The van der Waals surface area contributed by atoms with Gasteiger partial charge < -0.3 is 10.6 Å². The molecule has 0 unspecified atom stereocenters. The van der Waals surface area contributed by atoms with Gasteiger partial charge in [0.1, 0.15) is 5.82 Å². The molecule has 1 saturated carbocycles. The van der Waals surface area contributed by atoms with Crippen LogP contribution in [0.4, 0.5) is 11.8 Å². The minimum absolute atomic E-state index is 0.498. The summed E-state index contributed by atoms with van der Waals surface area (Å²) in [6.45, 7) is 4.43. The molecule has 0 amide bonds. The lowest BCUT2D eigenvalue weighted by atomic mass is 10.1. The predicted octanol–water partition coefficient (Wildman–Crippen LogP) is 4.10. The van der Waals surface area contributed by atoms with E-state index in [2.05, 4.69) is 39.3 Å². The Morgan fingerprint density at radius 2 is 1.91 bits per heavy atom. The third-order valence-corrected chi connectivity index (χ3v) is 3.91. The zero-order valence-electron chi connectivity index (χ0n) is 12.8. The van der Waals surface area contributed by atoms with Crippen molar-refractivity contribution in [1.82, 2.24) is 9.97 Å². The van der Waals surface area contributed by atoms with Crippen LogP contribution in [0.25, 0.3) is 11.3 Å². The number of hydrogen-bond acceptors (Lipinski definition) is 4. The topological polar surface area (TPSA) is 49.8 Å². The zero-order chi connectivity index (χ0) is 15.2. The maximum atomic E-state index is 4.69. The molecule has 22 heavy (non-hydrogen) atoms. The zero-order valence-corrected chi connectivity index (χ0v) is 12.8. The summed E-state index contributed by atoms with van der Waals surface area (Å²) in [7, 11) is 0. The van der Waals surface area contributed by atoms with E-state index in [1.165, 1.54) is 25.7 Å². The molecule has 2 aromatic rings. The Balaban J connectivity index is 1.88. The Kier molecular flexibility index (Phi) is 4.68. The first kappa shape index (κ1) is 14.6. The lowest BCUT2D eigenvalue weighted by molar-refractivity contribution is 0.744. The Morgan fingerprint density at radius 3 is 2.64 bits per heavy atom. The van der Waals surface area contributed by atoms with Crippen LogP contribution in [0.1, 0.15) is 25.7 Å². The molecule has 0 saturated heterocycles. The van der Waals surface area contributed by atoms with Crippen LogP contribution >= 0.6 is 0 Å². The summed E-state index contributed by atoms with van der Waals surface area (Å²) in [6.07, 6.45) is 6.81. The molecule has 2 N–H and O–H groups in total. The van der Waals surface area contributed by atoms with Crippen molar-refractivity contribution in [2.24, 2.45) is 0 Å². The van der Waals surface area contributed by atoms with Crippen LogP contribution in [0.3, 0.4) is 0 Å². The Morgan fingerprint density at radius 1 is 1.14 bits per heavy atom. The third-order valence-electron chi connectivity index (χ3n) is 3.91. The fourth-order valence-electron chi connectivity index (χ4n) is 2.79. The van der Waals surface area contributed by atoms with E-state index in [1.807, 2.05) is 30.3 Å². The highest BCUT2D eigenvalue weighted by Gasteiger charge is 2.16. The van der Waals surface area contributed by atoms with E-state index >= 15 is 0 Å². The van der Waals surface area contributed by atoms with Gasteiger partial charge in [-0.2, -0.15) is 4.98 Å². The van der Waals surface area contributed by atoms with Gasteiger partial charge in [-0.15, -0.1) is 6.58 Å². The molecule has 1 fully saturated rings. The summed E-state index contributed by atoms with van der Waals surface area (Å²) in [4.78, 5) is 9.27. The highest BCUT2D eigenvalue weighted by molar-refractivity contribution is 5.64. The van der Waals surface area contributed by atoms with Crippen LogP contribution in [-0.4, -0.2) is 22.6 Å². The van der Waals surface area contributed by atoms with E-state index < -0.39 is 0 Å². The van der Waals surface area contributed by atoms with Crippen molar-refractivity contribution in [3.8, 4) is 11.3 Å². The molecule has 1 aromatic carbocycles. The van der Waals surface area contributed by atoms with E-state index in [-0.39, 0.29) is 0 Å². The molecular weight excluding hydrogens is 272 g/mol. The molecule has 1 aromatic heterocycles. The smallest absolute Gasteiger partial charge is 0.225 e. The molecule has 1 aliphatic carbocycles. The molecule has 0 aliphatic heterocycles. The summed E-state index contributed by atoms with van der Waals surface area (Å²) in [5.41, 5.74) is 2.03. The average Bonchev–Trinajstić information content (AvgIpc) is 3.06. The number of anilines is 2. The maximum absolute atomic E-state index is 4.69. The molecule has 0 spiro atoms. The van der Waals surface area contributed by atoms with Gasteiger partial charge in [0.25, 0.3) is 0 Å². The van der Waals surface area contributed by atoms with Gasteiger partial charge in [-0.25, -0.2) is 4.98 Å². The highest BCUT2D eigenvalue weighted by atomic mass is 15.2. The Bertz CT molecular complexity index is 618. The van der Waals surface area contributed by atoms with Gasteiger partial charge in [0.15, 0.2) is 0 Å². The van der Waals surface area contributed by atoms with Crippen LogP contribution in [0.5, 0.6) is 0 Å². The summed E-state index contributed by atoms with van der Waals surface area (Å²) >= 11 is 0. The predicted molar refractivity (Wildman–Crippen MR) is 92.0 cm³/mol. The second kappa shape index (κ2) is 7.07. The van der Waals surface area contributed by atoms with E-state index in [0.717, 1.165) is 17.1 Å². The SMILES string of the molecule is C=CCNc1cc(-c2ccccc2)nc(NC2CCCC2)n1. The quantitative estimate of drug-likeness (QED) is 0.788. The van der Waals surface area contributed by atoms with E-state index in [1.54, 1.807) is 0 Å². The standard InChI is InChI=1S/C18H22N4/c1-2-12-19-17-13-16(14-8-4-3-5-9-14)21-18(22-17)20-15-10-6-7-11-15/h2-5,8-9,13,15H,1,6-7,10-12H2,(H2,19,20,21,22). The molecule has 3 rings (SSSR count). The normalized spacial score (nSPS) is 14.7. The number of benzene rings is 1. The van der Waals surface area contributed by atoms with E-state index in [0.29, 0.717) is 18.5 Å². The molecule has 1 heterocycles. The summed E-state index contributed by atoms with van der Waals surface area (Å²) in [5, 5.41) is 6.74. The molecule has 4 heteroatoms. The first-order valence-corrected chi connectivity index (χ1v) is 7.91. The lowest BCUT2D eigenvalue weighted by Gasteiger charge is -2.14. The van der Waals surface area contributed by atoms with Gasteiger partial charge in [0.05, 0.1) is 5.69 Å². The van der Waals surface area contributed by atoms with Crippen LogP contribution < -0.4 is 10.6 Å². The second-order valence-electron chi connectivity index (χ2n) is 5.62. The number of nitrogens with one attached hydrogen (secondary N) is 2. The first-order valence-electron chi connectivity index (χ1n) is 7.91. The van der Waals surface area contributed by atoms with Gasteiger partial charge in [-0.3, -0.25) is 0 Å². The summed E-state index contributed by atoms with van der Waals surface area (Å²) in [5.74, 6) is 1.54. The Labute approximate surface area is 131 Å². The monoisotopic (exact) mass is 294 g/mol. The van der Waals surface area contributed by atoms with Crippen molar-refractivity contribution in [2.75, 3.05) is 17.2 Å². The molecule has 0 atom stereocenters.